The zero-order chi connectivity index (χ0) is 8.55. The molecule has 2 aromatic rings. The van der Waals surface area contributed by atoms with Crippen molar-refractivity contribution >= 4 is 17.2 Å². The Balaban J connectivity index is 2.84. The average molecular weight is 182 g/mol. The number of hydrogen-bond donors (Lipinski definition) is 1. The molecule has 2 N–H and O–H groups in total. The van der Waals surface area contributed by atoms with Crippen molar-refractivity contribution in [2.45, 2.75) is 6.54 Å². The van der Waals surface area contributed by atoms with Crippen LogP contribution < -0.4 is 5.73 Å². The van der Waals surface area contributed by atoms with Gasteiger partial charge in [0.25, 0.3) is 0 Å². The third-order valence-corrected chi connectivity index (χ3v) is 2.04. The summed E-state index contributed by atoms with van der Waals surface area (Å²) in [6, 6.07) is 5.74. The van der Waals surface area contributed by atoms with Gasteiger partial charge in [-0.25, -0.2) is 4.98 Å². The molecule has 2 heterocycles. The van der Waals surface area contributed by atoms with Gasteiger partial charge in [-0.15, -0.1) is 0 Å². The Morgan fingerprint density at radius 2 is 2.33 bits per heavy atom. The van der Waals surface area contributed by atoms with Crippen molar-refractivity contribution in [3.05, 3.63) is 35.2 Å². The Kier molecular flexibility index (Phi) is 1.75. The molecule has 0 aromatic carbocycles. The molecular weight excluding hydrogens is 174 g/mol. The van der Waals surface area contributed by atoms with E-state index in [1.165, 1.54) is 0 Å². The molecule has 62 valence electrons. The molecule has 0 aliphatic heterocycles. The molecule has 0 aliphatic rings. The van der Waals surface area contributed by atoms with Crippen LogP contribution in [-0.4, -0.2) is 9.38 Å². The van der Waals surface area contributed by atoms with Crippen molar-refractivity contribution in [3.8, 4) is 0 Å². The fourth-order valence-corrected chi connectivity index (χ4v) is 1.47. The van der Waals surface area contributed by atoms with E-state index >= 15 is 0 Å². The lowest BCUT2D eigenvalue weighted by Crippen LogP contribution is -2.03. The zero-order valence-corrected chi connectivity index (χ0v) is 7.12. The monoisotopic (exact) mass is 181 g/mol. The highest BCUT2D eigenvalue weighted by Crippen LogP contribution is 2.14. The number of nitrogens with two attached hydrogens (primary N) is 1. The first-order chi connectivity index (χ1) is 5.83. The predicted octanol–water partition coefficient (Wildman–Crippen LogP) is 1.45. The van der Waals surface area contributed by atoms with Gasteiger partial charge in [0.05, 0.1) is 6.20 Å². The summed E-state index contributed by atoms with van der Waals surface area (Å²) < 4.78 is 1.83. The predicted molar refractivity (Wildman–Crippen MR) is 48.1 cm³/mol. The topological polar surface area (TPSA) is 43.3 Å². The lowest BCUT2D eigenvalue weighted by atomic mass is 10.3. The third kappa shape index (κ3) is 0.983. The van der Waals surface area contributed by atoms with Crippen molar-refractivity contribution in [2.75, 3.05) is 0 Å². The van der Waals surface area contributed by atoms with Gasteiger partial charge in [-0.05, 0) is 12.1 Å². The van der Waals surface area contributed by atoms with E-state index in [1.54, 1.807) is 6.20 Å². The first-order valence-corrected chi connectivity index (χ1v) is 4.01. The number of pyridine rings is 1. The van der Waals surface area contributed by atoms with E-state index in [2.05, 4.69) is 4.98 Å². The number of fused-ring (bicyclic) bond motifs is 1. The summed E-state index contributed by atoms with van der Waals surface area (Å²) in [5, 5.41) is 0.603. The highest BCUT2D eigenvalue weighted by atomic mass is 35.5. The second-order valence-electron chi connectivity index (χ2n) is 2.50. The quantitative estimate of drug-likeness (QED) is 0.724. The normalized spacial score (nSPS) is 10.8. The smallest absolute Gasteiger partial charge is 0.138 e. The van der Waals surface area contributed by atoms with E-state index in [1.807, 2.05) is 22.6 Å². The van der Waals surface area contributed by atoms with Crippen molar-refractivity contribution in [2.24, 2.45) is 5.73 Å². The Morgan fingerprint density at radius 1 is 1.50 bits per heavy atom. The second kappa shape index (κ2) is 2.77. The van der Waals surface area contributed by atoms with Gasteiger partial charge in [0.1, 0.15) is 10.8 Å². The Labute approximate surface area is 74.8 Å². The van der Waals surface area contributed by atoms with Gasteiger partial charge in [0.15, 0.2) is 0 Å². The number of halogens is 1. The van der Waals surface area contributed by atoms with Crippen molar-refractivity contribution in [1.29, 1.82) is 0 Å². The lowest BCUT2D eigenvalue weighted by Gasteiger charge is -2.01. The van der Waals surface area contributed by atoms with Crippen LogP contribution >= 0.6 is 11.6 Å². The highest BCUT2D eigenvalue weighted by Gasteiger charge is 2.02. The molecule has 0 saturated carbocycles. The fourth-order valence-electron chi connectivity index (χ4n) is 1.23. The summed E-state index contributed by atoms with van der Waals surface area (Å²) in [5.74, 6) is 0. The van der Waals surface area contributed by atoms with Gasteiger partial charge >= 0.3 is 0 Å². The summed E-state index contributed by atoms with van der Waals surface area (Å²) in [7, 11) is 0. The molecule has 0 spiro atoms. The Hall–Kier alpha value is -1.06. The first kappa shape index (κ1) is 7.58. The number of hydrogen-bond acceptors (Lipinski definition) is 2. The SMILES string of the molecule is NCc1cccc2ncc(Cl)n12. The number of nitrogens with zero attached hydrogens (tertiary/aromatic N) is 2. The van der Waals surface area contributed by atoms with Gasteiger partial charge in [-0.1, -0.05) is 17.7 Å². The molecule has 2 aromatic heterocycles. The van der Waals surface area contributed by atoms with Crippen molar-refractivity contribution < 1.29 is 0 Å². The molecule has 2 rings (SSSR count). The van der Waals surface area contributed by atoms with E-state index in [4.69, 9.17) is 17.3 Å². The molecule has 0 radical (unpaired) electrons. The fraction of sp³-hybridized carbons (Fsp3) is 0.125. The first-order valence-electron chi connectivity index (χ1n) is 3.64. The molecule has 3 nitrogen and oxygen atoms in total. The molecule has 0 saturated heterocycles. The molecule has 0 fully saturated rings. The average Bonchev–Trinajstić information content (AvgIpc) is 2.48. The summed E-state index contributed by atoms with van der Waals surface area (Å²) in [6.07, 6.45) is 1.62. The number of rotatable bonds is 1. The highest BCUT2D eigenvalue weighted by molar-refractivity contribution is 6.29. The summed E-state index contributed by atoms with van der Waals surface area (Å²) in [4.78, 5) is 4.10. The van der Waals surface area contributed by atoms with Crippen LogP contribution in [0.3, 0.4) is 0 Å². The molecule has 4 heteroatoms. The van der Waals surface area contributed by atoms with Crippen LogP contribution in [0, 0.1) is 0 Å². The van der Waals surface area contributed by atoms with E-state index in [-0.39, 0.29) is 0 Å². The van der Waals surface area contributed by atoms with E-state index < -0.39 is 0 Å². The van der Waals surface area contributed by atoms with Crippen LogP contribution in [0.4, 0.5) is 0 Å². The molecule has 0 bridgehead atoms. The summed E-state index contributed by atoms with van der Waals surface area (Å²) in [5.41, 5.74) is 7.34. The largest absolute Gasteiger partial charge is 0.325 e. The van der Waals surface area contributed by atoms with Crippen molar-refractivity contribution in [1.82, 2.24) is 9.38 Å². The molecule has 0 atom stereocenters. The third-order valence-electron chi connectivity index (χ3n) is 1.78. The van der Waals surface area contributed by atoms with Crippen LogP contribution in [-0.2, 0) is 6.54 Å². The molecule has 0 unspecified atom stereocenters. The van der Waals surface area contributed by atoms with Crippen LogP contribution in [0.15, 0.2) is 24.4 Å². The van der Waals surface area contributed by atoms with Gasteiger partial charge in [-0.3, -0.25) is 4.40 Å². The standard InChI is InChI=1S/C8H8ClN3/c9-7-5-11-8-3-1-2-6(4-10)12(7)8/h1-3,5H,4,10H2. The minimum atomic E-state index is 0.466. The summed E-state index contributed by atoms with van der Waals surface area (Å²) >= 11 is 5.90. The molecular formula is C8H8ClN3. The number of aromatic nitrogens is 2. The van der Waals surface area contributed by atoms with E-state index in [0.29, 0.717) is 11.7 Å². The molecule has 0 amide bonds. The minimum absolute atomic E-state index is 0.466. The second-order valence-corrected chi connectivity index (χ2v) is 2.88. The van der Waals surface area contributed by atoms with Gasteiger partial charge in [0, 0.05) is 12.2 Å². The van der Waals surface area contributed by atoms with E-state index in [0.717, 1.165) is 11.3 Å². The van der Waals surface area contributed by atoms with Gasteiger partial charge in [0.2, 0.25) is 0 Å². The van der Waals surface area contributed by atoms with Crippen molar-refractivity contribution in [3.63, 3.8) is 0 Å². The minimum Gasteiger partial charge on any atom is -0.325 e. The summed E-state index contributed by atoms with van der Waals surface area (Å²) in [6.45, 7) is 0.466. The maximum Gasteiger partial charge on any atom is 0.138 e. The number of imidazole rings is 1. The van der Waals surface area contributed by atoms with Crippen LogP contribution in [0.25, 0.3) is 5.65 Å². The Morgan fingerprint density at radius 3 is 3.08 bits per heavy atom. The van der Waals surface area contributed by atoms with Crippen LogP contribution in [0.1, 0.15) is 5.69 Å². The van der Waals surface area contributed by atoms with E-state index in [9.17, 15) is 0 Å². The zero-order valence-electron chi connectivity index (χ0n) is 6.37. The maximum absolute atomic E-state index is 5.90. The van der Waals surface area contributed by atoms with Gasteiger partial charge < -0.3 is 5.73 Å². The molecule has 0 aliphatic carbocycles. The molecule has 12 heavy (non-hydrogen) atoms. The lowest BCUT2D eigenvalue weighted by molar-refractivity contribution is 0.947. The van der Waals surface area contributed by atoms with Crippen LogP contribution in [0.5, 0.6) is 0 Å². The van der Waals surface area contributed by atoms with Crippen LogP contribution in [0.2, 0.25) is 5.15 Å². The maximum atomic E-state index is 5.90. The van der Waals surface area contributed by atoms with Gasteiger partial charge in [-0.2, -0.15) is 0 Å². The Bertz CT molecular complexity index is 408.